The third-order valence-corrected chi connectivity index (χ3v) is 10.2. The van der Waals surface area contributed by atoms with E-state index in [0.717, 1.165) is 24.3 Å². The van der Waals surface area contributed by atoms with E-state index in [2.05, 4.69) is 5.32 Å². The van der Waals surface area contributed by atoms with Crippen molar-refractivity contribution in [3.63, 3.8) is 0 Å². The summed E-state index contributed by atoms with van der Waals surface area (Å²) in [4.78, 5) is 25.0. The van der Waals surface area contributed by atoms with Crippen LogP contribution in [0.5, 0.6) is 0 Å². The van der Waals surface area contributed by atoms with Gasteiger partial charge in [-0.25, -0.2) is 0 Å². The average Bonchev–Trinajstić information content (AvgIpc) is 2.74. The summed E-state index contributed by atoms with van der Waals surface area (Å²) in [5.41, 5.74) is 3.14. The second-order valence-corrected chi connectivity index (χ2v) is 14.2. The van der Waals surface area contributed by atoms with Crippen LogP contribution in [0.1, 0.15) is 36.7 Å². The standard InChI is InChI=1S/C23H27F6N3O3Si/c1-21(2,3)36(4,5)35-18(23(27,28)29)20(34)32-31-19(33)16-8-6-7-9-17(16)30-15-12-10-14(11-13-15)22(24,25)26/h6-13,18,30H,1-5H3,(H,31,33)(H,32,34). The number of alkyl halides is 6. The summed E-state index contributed by atoms with van der Waals surface area (Å²) < 4.78 is 84.3. The van der Waals surface area contributed by atoms with E-state index in [1.165, 1.54) is 24.3 Å². The Balaban J connectivity index is 2.15. The number of nitrogens with one attached hydrogen (secondary N) is 3. The van der Waals surface area contributed by atoms with Crippen molar-refractivity contribution in [1.29, 1.82) is 0 Å². The van der Waals surface area contributed by atoms with E-state index in [4.69, 9.17) is 4.43 Å². The van der Waals surface area contributed by atoms with Crippen LogP contribution in [0.3, 0.4) is 0 Å². The van der Waals surface area contributed by atoms with Gasteiger partial charge in [-0.05, 0) is 54.5 Å². The van der Waals surface area contributed by atoms with E-state index in [1.807, 2.05) is 5.43 Å². The largest absolute Gasteiger partial charge is 0.422 e. The van der Waals surface area contributed by atoms with Crippen LogP contribution in [-0.4, -0.2) is 32.4 Å². The summed E-state index contributed by atoms with van der Waals surface area (Å²) >= 11 is 0. The smallest absolute Gasteiger partial charge is 0.398 e. The monoisotopic (exact) mass is 535 g/mol. The minimum absolute atomic E-state index is 0.0772. The molecule has 2 aromatic rings. The summed E-state index contributed by atoms with van der Waals surface area (Å²) in [6, 6.07) is 9.78. The molecule has 0 aromatic heterocycles. The SMILES string of the molecule is CC(C)(C)[Si](C)(C)OC(C(=O)NNC(=O)c1ccccc1Nc1ccc(C(F)(F)F)cc1)C(F)(F)F. The van der Waals surface area contributed by atoms with Crippen LogP contribution in [0.25, 0.3) is 0 Å². The first kappa shape index (κ1) is 29.2. The highest BCUT2D eigenvalue weighted by molar-refractivity contribution is 6.74. The Morgan fingerprint density at radius 2 is 1.42 bits per heavy atom. The van der Waals surface area contributed by atoms with Gasteiger partial charge in [0.25, 0.3) is 11.8 Å². The Morgan fingerprint density at radius 3 is 1.92 bits per heavy atom. The summed E-state index contributed by atoms with van der Waals surface area (Å²) in [5, 5.41) is 2.17. The predicted octanol–water partition coefficient (Wildman–Crippen LogP) is 6.16. The molecular weight excluding hydrogens is 508 g/mol. The number of carbonyl (C=O) groups is 2. The van der Waals surface area contributed by atoms with Gasteiger partial charge in [-0.2, -0.15) is 26.3 Å². The molecule has 198 valence electrons. The number of anilines is 2. The molecule has 0 saturated heterocycles. The number of halogens is 6. The number of benzene rings is 2. The van der Waals surface area contributed by atoms with Gasteiger partial charge in [0.2, 0.25) is 6.10 Å². The van der Waals surface area contributed by atoms with Crippen LogP contribution in [0, 0.1) is 0 Å². The average molecular weight is 536 g/mol. The Bertz CT molecular complexity index is 1080. The van der Waals surface area contributed by atoms with Crippen LogP contribution >= 0.6 is 0 Å². The Kier molecular flexibility index (Phi) is 8.51. The topological polar surface area (TPSA) is 79.5 Å². The molecular formula is C23H27F6N3O3Si. The van der Waals surface area contributed by atoms with Crippen molar-refractivity contribution in [2.24, 2.45) is 0 Å². The number of amides is 2. The number of hydrogen-bond acceptors (Lipinski definition) is 4. The zero-order valence-electron chi connectivity index (χ0n) is 20.2. The number of para-hydroxylation sites is 1. The summed E-state index contributed by atoms with van der Waals surface area (Å²) in [5.74, 6) is -2.54. The fraction of sp³-hybridized carbons (Fsp3) is 0.391. The van der Waals surface area contributed by atoms with Crippen molar-refractivity contribution < 1.29 is 40.4 Å². The van der Waals surface area contributed by atoms with Crippen molar-refractivity contribution in [2.75, 3.05) is 5.32 Å². The molecule has 1 unspecified atom stereocenters. The molecule has 6 nitrogen and oxygen atoms in total. The van der Waals surface area contributed by atoms with Crippen molar-refractivity contribution >= 4 is 31.5 Å². The first-order chi connectivity index (χ1) is 16.3. The van der Waals surface area contributed by atoms with E-state index in [0.29, 0.717) is 0 Å². The second kappa shape index (κ2) is 10.5. The summed E-state index contributed by atoms with van der Waals surface area (Å²) in [6.45, 7) is 8.26. The van der Waals surface area contributed by atoms with Crippen molar-refractivity contribution in [1.82, 2.24) is 10.9 Å². The molecule has 36 heavy (non-hydrogen) atoms. The van der Waals surface area contributed by atoms with Crippen molar-refractivity contribution in [2.45, 2.75) is 57.4 Å². The molecule has 0 aliphatic heterocycles. The number of carbonyl (C=O) groups excluding carboxylic acids is 2. The van der Waals surface area contributed by atoms with E-state index in [9.17, 15) is 35.9 Å². The van der Waals surface area contributed by atoms with Crippen LogP contribution in [0.4, 0.5) is 37.7 Å². The van der Waals surface area contributed by atoms with Gasteiger partial charge in [-0.3, -0.25) is 20.4 Å². The van der Waals surface area contributed by atoms with Gasteiger partial charge in [0.15, 0.2) is 8.32 Å². The fourth-order valence-electron chi connectivity index (χ4n) is 2.68. The third-order valence-electron chi connectivity index (χ3n) is 5.72. The lowest BCUT2D eigenvalue weighted by Crippen LogP contribution is -2.57. The molecule has 2 aromatic carbocycles. The molecule has 0 aliphatic carbocycles. The maximum Gasteiger partial charge on any atom is 0.422 e. The van der Waals surface area contributed by atoms with Crippen molar-refractivity contribution in [3.05, 3.63) is 59.7 Å². The minimum atomic E-state index is -5.02. The molecule has 0 radical (unpaired) electrons. The maximum atomic E-state index is 13.6. The van der Waals surface area contributed by atoms with Gasteiger partial charge >= 0.3 is 12.4 Å². The zero-order chi connectivity index (χ0) is 27.5. The van der Waals surface area contributed by atoms with E-state index in [-0.39, 0.29) is 16.9 Å². The lowest BCUT2D eigenvalue weighted by Gasteiger charge is -2.39. The lowest BCUT2D eigenvalue weighted by molar-refractivity contribution is -0.201. The molecule has 0 saturated carbocycles. The number of rotatable bonds is 6. The lowest BCUT2D eigenvalue weighted by atomic mass is 10.1. The van der Waals surface area contributed by atoms with Gasteiger partial charge < -0.3 is 9.74 Å². The molecule has 2 amide bonds. The molecule has 0 bridgehead atoms. The molecule has 0 fully saturated rings. The minimum Gasteiger partial charge on any atom is -0.398 e. The third kappa shape index (κ3) is 7.47. The second-order valence-electron chi connectivity index (χ2n) is 9.49. The predicted molar refractivity (Wildman–Crippen MR) is 125 cm³/mol. The van der Waals surface area contributed by atoms with E-state index >= 15 is 0 Å². The Labute approximate surface area is 205 Å². The molecule has 0 heterocycles. The molecule has 1 atom stereocenters. The highest BCUT2D eigenvalue weighted by atomic mass is 28.4. The van der Waals surface area contributed by atoms with Gasteiger partial charge in [0.1, 0.15) is 0 Å². The van der Waals surface area contributed by atoms with Crippen LogP contribution in [-0.2, 0) is 15.4 Å². The molecule has 0 aliphatic rings. The van der Waals surface area contributed by atoms with Crippen LogP contribution in [0.2, 0.25) is 18.1 Å². The highest BCUT2D eigenvalue weighted by Gasteiger charge is 2.51. The van der Waals surface area contributed by atoms with Gasteiger partial charge in [0.05, 0.1) is 16.8 Å². The fourth-order valence-corrected chi connectivity index (χ4v) is 3.86. The quantitative estimate of drug-likeness (QED) is 0.235. The van der Waals surface area contributed by atoms with Crippen molar-refractivity contribution in [3.8, 4) is 0 Å². The van der Waals surface area contributed by atoms with Gasteiger partial charge in [0, 0.05) is 5.69 Å². The van der Waals surface area contributed by atoms with E-state index in [1.54, 1.807) is 39.3 Å². The maximum absolute atomic E-state index is 13.6. The Hall–Kier alpha value is -3.06. The molecule has 2 rings (SSSR count). The summed E-state index contributed by atoms with van der Waals surface area (Å²) in [6.07, 6.45) is -12.3. The van der Waals surface area contributed by atoms with E-state index < -0.39 is 49.2 Å². The number of hydrogen-bond donors (Lipinski definition) is 3. The molecule has 13 heteroatoms. The Morgan fingerprint density at radius 1 is 0.861 bits per heavy atom. The van der Waals surface area contributed by atoms with Crippen LogP contribution < -0.4 is 16.2 Å². The summed E-state index contributed by atoms with van der Waals surface area (Å²) in [7, 11) is -3.00. The zero-order valence-corrected chi connectivity index (χ0v) is 21.2. The number of hydrazine groups is 1. The normalized spacial score (nSPS) is 13.6. The molecule has 0 spiro atoms. The highest BCUT2D eigenvalue weighted by Crippen LogP contribution is 2.39. The first-order valence-electron chi connectivity index (χ1n) is 10.7. The first-order valence-corrected chi connectivity index (χ1v) is 13.6. The van der Waals surface area contributed by atoms with Crippen LogP contribution in [0.15, 0.2) is 48.5 Å². The van der Waals surface area contributed by atoms with Gasteiger partial charge in [-0.15, -0.1) is 0 Å². The van der Waals surface area contributed by atoms with Gasteiger partial charge in [-0.1, -0.05) is 32.9 Å². The molecule has 3 N–H and O–H groups in total.